The molecule has 9 nitrogen and oxygen atoms in total. The molecule has 0 fully saturated rings. The van der Waals surface area contributed by atoms with Crippen LogP contribution in [0, 0.1) is 13.8 Å². The number of likely N-dealkylation sites (N-methyl/N-ethyl adjacent to an activating group) is 1. The van der Waals surface area contributed by atoms with Crippen LogP contribution in [0.4, 0.5) is 11.5 Å². The first-order valence-electron chi connectivity index (χ1n) is 11.6. The minimum absolute atomic E-state index is 0.0407. The van der Waals surface area contributed by atoms with Gasteiger partial charge < -0.3 is 20.1 Å². The number of rotatable bonds is 11. The lowest BCUT2D eigenvalue weighted by Gasteiger charge is -2.17. The lowest BCUT2D eigenvalue weighted by molar-refractivity contribution is -0.119. The highest BCUT2D eigenvalue weighted by Gasteiger charge is 2.15. The van der Waals surface area contributed by atoms with Crippen molar-refractivity contribution in [2.45, 2.75) is 27.7 Å². The van der Waals surface area contributed by atoms with E-state index in [2.05, 4.69) is 15.7 Å². The lowest BCUT2D eigenvalue weighted by Crippen LogP contribution is -2.36. The van der Waals surface area contributed by atoms with Crippen molar-refractivity contribution < 1.29 is 19.1 Å². The largest absolute Gasteiger partial charge is 0.490 e. The van der Waals surface area contributed by atoms with E-state index < -0.39 is 0 Å². The maximum Gasteiger partial charge on any atom is 0.239 e. The molecule has 2 amide bonds. The third kappa shape index (κ3) is 7.31. The summed E-state index contributed by atoms with van der Waals surface area (Å²) < 4.78 is 12.9. The zero-order chi connectivity index (χ0) is 25.4. The number of ether oxygens (including phenoxy) is 2. The third-order valence-electron chi connectivity index (χ3n) is 5.03. The number of carbonyl (C=O) groups is 2. The van der Waals surface area contributed by atoms with E-state index in [1.807, 2.05) is 58.0 Å². The van der Waals surface area contributed by atoms with Crippen LogP contribution in [0.25, 0.3) is 5.69 Å². The summed E-state index contributed by atoms with van der Waals surface area (Å²) in [5, 5.41) is 10.2. The number of hydrogen-bond acceptors (Lipinski definition) is 6. The van der Waals surface area contributed by atoms with Crippen molar-refractivity contribution in [3.8, 4) is 17.2 Å². The van der Waals surface area contributed by atoms with Gasteiger partial charge in [0.25, 0.3) is 0 Å². The van der Waals surface area contributed by atoms with Crippen LogP contribution in [0.2, 0.25) is 0 Å². The maximum absolute atomic E-state index is 12.7. The molecule has 0 radical (unpaired) electrons. The van der Waals surface area contributed by atoms with E-state index in [0.717, 1.165) is 16.9 Å². The smallest absolute Gasteiger partial charge is 0.239 e. The first-order valence-corrected chi connectivity index (χ1v) is 11.6. The van der Waals surface area contributed by atoms with Crippen LogP contribution in [0.5, 0.6) is 11.5 Å². The van der Waals surface area contributed by atoms with Gasteiger partial charge >= 0.3 is 0 Å². The molecule has 0 saturated carbocycles. The van der Waals surface area contributed by atoms with Gasteiger partial charge in [0.05, 0.1) is 37.7 Å². The number of aromatic nitrogens is 2. The van der Waals surface area contributed by atoms with Gasteiger partial charge in [0.1, 0.15) is 5.82 Å². The number of nitrogens with one attached hydrogen (secondary N) is 2. The van der Waals surface area contributed by atoms with Crippen molar-refractivity contribution in [1.29, 1.82) is 0 Å². The molecule has 0 aliphatic carbocycles. The van der Waals surface area contributed by atoms with Gasteiger partial charge in [-0.3, -0.25) is 14.5 Å². The van der Waals surface area contributed by atoms with E-state index >= 15 is 0 Å². The SMILES string of the molecule is CCOc1ccc(NC(=O)CN(C)CC(=O)Nc2cc(C)nn2-c2ccc(C)cc2)cc1OCC. The van der Waals surface area contributed by atoms with Crippen LogP contribution in [-0.2, 0) is 9.59 Å². The maximum atomic E-state index is 12.7. The predicted molar refractivity (Wildman–Crippen MR) is 137 cm³/mol. The van der Waals surface area contributed by atoms with Crippen LogP contribution < -0.4 is 20.1 Å². The van der Waals surface area contributed by atoms with Crippen LogP contribution in [0.15, 0.2) is 48.5 Å². The molecule has 0 aliphatic heterocycles. The summed E-state index contributed by atoms with van der Waals surface area (Å²) in [4.78, 5) is 26.9. The molecule has 9 heteroatoms. The summed E-state index contributed by atoms with van der Waals surface area (Å²) in [7, 11) is 1.71. The van der Waals surface area contributed by atoms with Crippen molar-refractivity contribution in [2.75, 3.05) is 44.0 Å². The molecule has 3 rings (SSSR count). The summed E-state index contributed by atoms with van der Waals surface area (Å²) in [5.41, 5.74) is 3.38. The highest BCUT2D eigenvalue weighted by molar-refractivity contribution is 5.94. The average Bonchev–Trinajstić information content (AvgIpc) is 3.15. The van der Waals surface area contributed by atoms with Gasteiger partial charge in [-0.2, -0.15) is 5.10 Å². The highest BCUT2D eigenvalue weighted by atomic mass is 16.5. The predicted octanol–water partition coefficient (Wildman–Crippen LogP) is 3.80. The Labute approximate surface area is 206 Å². The molecule has 0 atom stereocenters. The molecule has 1 heterocycles. The summed E-state index contributed by atoms with van der Waals surface area (Å²) >= 11 is 0. The molecule has 0 bridgehead atoms. The number of amides is 2. The topological polar surface area (TPSA) is 97.7 Å². The first kappa shape index (κ1) is 25.8. The molecular weight excluding hydrogens is 446 g/mol. The van der Waals surface area contributed by atoms with Crippen LogP contribution in [-0.4, -0.2) is 59.8 Å². The second-order valence-electron chi connectivity index (χ2n) is 8.21. The fraction of sp³-hybridized carbons (Fsp3) is 0.346. The van der Waals surface area contributed by atoms with Gasteiger partial charge in [0.15, 0.2) is 11.5 Å². The summed E-state index contributed by atoms with van der Waals surface area (Å²) in [6.07, 6.45) is 0. The molecule has 2 N–H and O–H groups in total. The first-order chi connectivity index (χ1) is 16.8. The summed E-state index contributed by atoms with van der Waals surface area (Å²) in [6, 6.07) is 14.9. The number of benzene rings is 2. The van der Waals surface area contributed by atoms with Crippen molar-refractivity contribution >= 4 is 23.3 Å². The zero-order valence-electron chi connectivity index (χ0n) is 20.9. The van der Waals surface area contributed by atoms with E-state index in [1.165, 1.54) is 0 Å². The fourth-order valence-electron chi connectivity index (χ4n) is 3.53. The van der Waals surface area contributed by atoms with E-state index in [0.29, 0.717) is 36.2 Å². The Balaban J connectivity index is 1.57. The minimum atomic E-state index is -0.243. The van der Waals surface area contributed by atoms with E-state index in [9.17, 15) is 9.59 Å². The Bertz CT molecular complexity index is 1160. The average molecular weight is 480 g/mol. The number of aryl methyl sites for hydroxylation is 2. The summed E-state index contributed by atoms with van der Waals surface area (Å²) in [5.74, 6) is 1.29. The Hall–Kier alpha value is -3.85. The molecule has 0 unspecified atom stereocenters. The molecular formula is C26H33N5O4. The standard InChI is InChI=1S/C26H33N5O4/c1-6-34-22-13-10-20(15-23(22)35-7-2)27-25(32)16-30(5)17-26(33)28-24-14-19(4)29-31(24)21-11-8-18(3)9-12-21/h8-15H,6-7,16-17H2,1-5H3,(H,27,32)(H,28,33). The van der Waals surface area contributed by atoms with Crippen molar-refractivity contribution in [1.82, 2.24) is 14.7 Å². The fourth-order valence-corrected chi connectivity index (χ4v) is 3.53. The second-order valence-corrected chi connectivity index (χ2v) is 8.21. The van der Waals surface area contributed by atoms with Crippen LogP contribution >= 0.6 is 0 Å². The van der Waals surface area contributed by atoms with Crippen molar-refractivity contribution in [3.05, 3.63) is 59.8 Å². The molecule has 3 aromatic rings. The monoisotopic (exact) mass is 479 g/mol. The molecule has 0 aliphatic rings. The Morgan fingerprint density at radius 2 is 1.51 bits per heavy atom. The molecule has 0 saturated heterocycles. The highest BCUT2D eigenvalue weighted by Crippen LogP contribution is 2.30. The van der Waals surface area contributed by atoms with Crippen molar-refractivity contribution in [3.63, 3.8) is 0 Å². The zero-order valence-corrected chi connectivity index (χ0v) is 20.9. The van der Waals surface area contributed by atoms with E-state index in [4.69, 9.17) is 9.47 Å². The Kier molecular flexibility index (Phi) is 8.86. The quantitative estimate of drug-likeness (QED) is 0.434. The van der Waals surface area contributed by atoms with Gasteiger partial charge in [-0.1, -0.05) is 17.7 Å². The molecule has 1 aromatic heterocycles. The normalized spacial score (nSPS) is 10.8. The number of hydrogen-bond donors (Lipinski definition) is 2. The van der Waals surface area contributed by atoms with E-state index in [-0.39, 0.29) is 24.9 Å². The van der Waals surface area contributed by atoms with Gasteiger partial charge in [-0.05, 0) is 59.0 Å². The molecule has 186 valence electrons. The van der Waals surface area contributed by atoms with E-state index in [1.54, 1.807) is 34.8 Å². The van der Waals surface area contributed by atoms with Crippen LogP contribution in [0.3, 0.4) is 0 Å². The van der Waals surface area contributed by atoms with Crippen LogP contribution in [0.1, 0.15) is 25.1 Å². The summed E-state index contributed by atoms with van der Waals surface area (Å²) in [6.45, 7) is 8.75. The number of nitrogens with zero attached hydrogens (tertiary/aromatic N) is 3. The van der Waals surface area contributed by atoms with Gasteiger partial charge in [0, 0.05) is 17.8 Å². The molecule has 0 spiro atoms. The third-order valence-corrected chi connectivity index (χ3v) is 5.03. The number of anilines is 2. The Morgan fingerprint density at radius 1 is 0.886 bits per heavy atom. The Morgan fingerprint density at radius 3 is 2.17 bits per heavy atom. The number of carbonyl (C=O) groups excluding carboxylic acids is 2. The molecule has 2 aromatic carbocycles. The van der Waals surface area contributed by atoms with Gasteiger partial charge in [-0.15, -0.1) is 0 Å². The minimum Gasteiger partial charge on any atom is -0.490 e. The van der Waals surface area contributed by atoms with Gasteiger partial charge in [0.2, 0.25) is 11.8 Å². The molecule has 35 heavy (non-hydrogen) atoms. The van der Waals surface area contributed by atoms with Crippen molar-refractivity contribution in [2.24, 2.45) is 0 Å². The second kappa shape index (κ2) is 12.0. The lowest BCUT2D eigenvalue weighted by atomic mass is 10.2. The van der Waals surface area contributed by atoms with Gasteiger partial charge in [-0.25, -0.2) is 4.68 Å².